The van der Waals surface area contributed by atoms with E-state index < -0.39 is 0 Å². The highest BCUT2D eigenvalue weighted by molar-refractivity contribution is 6.39. The molecular weight excluding hydrogens is 1280 g/mol. The second kappa shape index (κ2) is 16.5. The fraction of sp³-hybridized carbons (Fsp3) is 0.102. The van der Waals surface area contributed by atoms with Gasteiger partial charge in [0.1, 0.15) is 11.2 Å². The lowest BCUT2D eigenvalue weighted by Crippen LogP contribution is -2.52. The van der Waals surface area contributed by atoms with Gasteiger partial charge in [-0.2, -0.15) is 21.0 Å². The van der Waals surface area contributed by atoms with Gasteiger partial charge in [-0.15, -0.1) is 0 Å². The molecule has 7 nitrogen and oxygen atoms in total. The zero-order chi connectivity index (χ0) is 67.7. The maximum atomic E-state index is 12.0. The van der Waals surface area contributed by atoms with Crippen LogP contribution >= 0.6 is 0 Å². The van der Waals surface area contributed by atoms with Gasteiger partial charge in [0.2, 0.25) is 0 Å². The van der Waals surface area contributed by atoms with Crippen LogP contribution in [0.5, 0.6) is 0 Å². The molecule has 31 rings (SSSR count). The summed E-state index contributed by atoms with van der Waals surface area (Å²) in [5.74, 6) is -0.819. The molecule has 6 unspecified atom stereocenters. The fourth-order valence-electron chi connectivity index (χ4n) is 26.1. The maximum Gasteiger partial charge on any atom is 0.145 e. The number of rotatable bonds is 0. The first-order chi connectivity index (χ1) is 52.0. The second-order valence-electron chi connectivity index (χ2n) is 31.9. The van der Waals surface area contributed by atoms with Gasteiger partial charge in [-0.3, -0.25) is 0 Å². The zero-order valence-electron chi connectivity index (χ0n) is 55.6. The van der Waals surface area contributed by atoms with E-state index in [1.54, 1.807) is 0 Å². The molecule has 0 aliphatic heterocycles. The number of hydrogen-bond donors (Lipinski definition) is 0. The number of furan rings is 1. The number of hydrogen-bond acceptors (Lipinski definition) is 5. The summed E-state index contributed by atoms with van der Waals surface area (Å²) in [4.78, 5) is 0. The normalized spacial score (nSPS) is 23.3. The highest BCUT2D eigenvalue weighted by atomic mass is 16.3. The number of aromatic nitrogens is 2. The second-order valence-corrected chi connectivity index (χ2v) is 31.9. The van der Waals surface area contributed by atoms with Crippen LogP contribution in [0.25, 0.3) is 98.1 Å². The van der Waals surface area contributed by atoms with Gasteiger partial charge in [-0.1, -0.05) is 194 Å². The Hall–Kier alpha value is -13.6. The third-order valence-corrected chi connectivity index (χ3v) is 29.0. The molecule has 5 aromatic heterocycles. The van der Waals surface area contributed by atoms with Crippen LogP contribution in [0.1, 0.15) is 203 Å². The first-order valence-corrected chi connectivity index (χ1v) is 36.9. The van der Waals surface area contributed by atoms with Crippen LogP contribution < -0.4 is 0 Å². The number of nitriles is 4. The third-order valence-electron chi connectivity index (χ3n) is 29.0. The van der Waals surface area contributed by atoms with E-state index in [-0.39, 0.29) is 58.2 Å². The van der Waals surface area contributed by atoms with E-state index >= 15 is 0 Å². The summed E-state index contributed by atoms with van der Waals surface area (Å²) in [5.41, 5.74) is 39.2. The molecule has 105 heavy (non-hydrogen) atoms. The molecule has 12 aliphatic carbocycles. The maximum absolute atomic E-state index is 12.0. The average molecular weight is 1320 g/mol. The minimum Gasteiger partial charge on any atom is -0.455 e. The van der Waals surface area contributed by atoms with Crippen LogP contribution in [0.3, 0.4) is 0 Å². The van der Waals surface area contributed by atoms with Gasteiger partial charge in [0.25, 0.3) is 0 Å². The smallest absolute Gasteiger partial charge is 0.145 e. The van der Waals surface area contributed by atoms with Crippen LogP contribution in [-0.4, -0.2) is 8.80 Å². The van der Waals surface area contributed by atoms with Crippen LogP contribution in [0.2, 0.25) is 0 Å². The summed E-state index contributed by atoms with van der Waals surface area (Å²) in [6.07, 6.45) is 0. The van der Waals surface area contributed by atoms with Gasteiger partial charge in [0, 0.05) is 101 Å². The predicted octanol–water partition coefficient (Wildman–Crippen LogP) is 21.1. The minimum absolute atomic E-state index is 0.0341. The summed E-state index contributed by atoms with van der Waals surface area (Å²) in [7, 11) is 0. The van der Waals surface area contributed by atoms with Crippen molar-refractivity contribution in [2.24, 2.45) is 0 Å². The number of nitrogens with zero attached hydrogens (tertiary/aromatic N) is 6. The van der Waals surface area contributed by atoms with Crippen molar-refractivity contribution in [2.45, 2.75) is 58.2 Å². The lowest BCUT2D eigenvalue weighted by Gasteiger charge is -2.58. The van der Waals surface area contributed by atoms with Crippen LogP contribution in [0.4, 0.5) is 0 Å². The van der Waals surface area contributed by atoms with Crippen molar-refractivity contribution in [3.8, 4) is 24.3 Å². The van der Waals surface area contributed by atoms with Crippen molar-refractivity contribution in [2.75, 3.05) is 0 Å². The first kappa shape index (κ1) is 52.4. The Bertz CT molecular complexity index is 7380. The molecule has 0 saturated heterocycles. The van der Waals surface area contributed by atoms with Crippen LogP contribution in [0.15, 0.2) is 235 Å². The summed E-state index contributed by atoms with van der Waals surface area (Å²) in [5, 5.41) is 58.5. The Morgan fingerprint density at radius 1 is 0.257 bits per heavy atom. The summed E-state index contributed by atoms with van der Waals surface area (Å²) in [6, 6.07) is 97.1. The SMILES string of the molecule is N#Cc1cc2c(c3c1C1c4ccccc4C3c3ccccc31)c1cc3c4cc5c6c7c(c(C#N)cc6n6c8cc(C#N)c9c(c8c(c4oc3c3c4c8c(c(C#N)cc4n2c13)C1c2ccccc2C12c1ccccc1C82)c56)C1c2ccccc2C12c1ccccc1C92)C1c2ccccc2C7c2ccccc21. The molecule has 12 aliphatic rings. The van der Waals surface area contributed by atoms with Crippen molar-refractivity contribution < 1.29 is 4.42 Å². The van der Waals surface area contributed by atoms with E-state index in [1.807, 2.05) is 0 Å². The lowest BCUT2D eigenvalue weighted by molar-refractivity contribution is 0.333. The lowest BCUT2D eigenvalue weighted by atomic mass is 9.43. The van der Waals surface area contributed by atoms with Gasteiger partial charge in [0.15, 0.2) is 0 Å². The van der Waals surface area contributed by atoms with Gasteiger partial charge in [-0.05, 0) is 170 Å². The Morgan fingerprint density at radius 2 is 0.514 bits per heavy atom. The van der Waals surface area contributed by atoms with Crippen molar-refractivity contribution in [3.05, 3.63) is 386 Å². The number of benzene rings is 14. The van der Waals surface area contributed by atoms with Crippen LogP contribution in [0, 0.1) is 45.3 Å². The molecule has 14 aromatic carbocycles. The van der Waals surface area contributed by atoms with Crippen molar-refractivity contribution in [1.82, 2.24) is 8.80 Å². The average Bonchev–Trinajstić information content (AvgIpc) is 1.45. The molecule has 0 radical (unpaired) electrons. The molecule has 19 aromatic rings. The van der Waals surface area contributed by atoms with E-state index in [0.717, 1.165) is 120 Å². The molecule has 6 atom stereocenters. The van der Waals surface area contributed by atoms with Gasteiger partial charge < -0.3 is 13.2 Å². The van der Waals surface area contributed by atoms with Crippen molar-refractivity contribution >= 4 is 98.1 Å². The molecule has 0 saturated carbocycles. The molecule has 0 amide bonds. The summed E-state index contributed by atoms with van der Waals surface area (Å²) < 4.78 is 13.3. The first-order valence-electron chi connectivity index (χ1n) is 36.9. The van der Waals surface area contributed by atoms with E-state index in [2.05, 4.69) is 264 Å². The fourth-order valence-corrected chi connectivity index (χ4v) is 26.1. The molecule has 0 fully saturated rings. The predicted molar refractivity (Wildman–Crippen MR) is 406 cm³/mol. The monoisotopic (exact) mass is 1320 g/mol. The van der Waals surface area contributed by atoms with E-state index in [4.69, 9.17) is 4.42 Å². The third kappa shape index (κ3) is 4.94. The number of fused-ring (bicyclic) bond motifs is 33. The Morgan fingerprint density at radius 3 is 0.819 bits per heavy atom. The Labute approximate surface area is 597 Å². The highest BCUT2D eigenvalue weighted by Crippen LogP contribution is 2.81. The van der Waals surface area contributed by atoms with Crippen LogP contribution in [-0.2, 0) is 10.8 Å². The molecule has 7 heteroatoms. The molecule has 2 spiro atoms. The highest BCUT2D eigenvalue weighted by Gasteiger charge is 2.72. The molecule has 4 bridgehead atoms. The minimum atomic E-state index is -0.360. The van der Waals surface area contributed by atoms with E-state index in [9.17, 15) is 21.0 Å². The van der Waals surface area contributed by atoms with Crippen molar-refractivity contribution in [3.63, 3.8) is 0 Å². The summed E-state index contributed by atoms with van der Waals surface area (Å²) >= 11 is 0. The Balaban J connectivity index is 0.853. The standard InChI is InChI=1S/C98H46N6O/c99-39-43-33-67-79(83-71(43)75-47-17-1-5-21-51(47)77(83)52-22-6-2-18-48(52)75)61-37-59-60-38-62-80-68(34-44(40-100)72-76-49-19-3-7-23-53(49)78(84(72)80)54-24-8-4-20-50(54)76)104-70-36-46(42-102)74-86(92-58-28-12-16-32-66(58)98(92)64-30-14-10-26-56(64)90(74)98)82(70)88(94(62)104)96(60)105-95(59)87-81-69(103(67)93(61)87)35-45(41-101)73-85(81)91-57-27-11-15-31-65(57)97(91)63-29-13-9-25-55(63)89(73)97/h1-38,75-78,89-92H. The Kier molecular flexibility index (Phi) is 8.24. The quantitative estimate of drug-likeness (QED) is 0.150. The van der Waals surface area contributed by atoms with E-state index in [0.29, 0.717) is 22.3 Å². The van der Waals surface area contributed by atoms with E-state index in [1.165, 1.54) is 111 Å². The van der Waals surface area contributed by atoms with Gasteiger partial charge in [-0.25, -0.2) is 0 Å². The molecular formula is C98H46N6O. The molecule has 5 heterocycles. The molecule has 474 valence electrons. The van der Waals surface area contributed by atoms with Gasteiger partial charge in [0.05, 0.1) is 90.4 Å². The molecule has 0 N–H and O–H groups in total. The largest absolute Gasteiger partial charge is 0.455 e. The topological polar surface area (TPSA) is 117 Å². The van der Waals surface area contributed by atoms with Crippen molar-refractivity contribution in [1.29, 1.82) is 21.0 Å². The zero-order valence-corrected chi connectivity index (χ0v) is 55.6. The van der Waals surface area contributed by atoms with Gasteiger partial charge >= 0.3 is 0 Å². The summed E-state index contributed by atoms with van der Waals surface area (Å²) in [6.45, 7) is 0.